The molecule has 0 unspecified atom stereocenters. The molecular weight excluding hydrogens is 273 g/mol. The van der Waals surface area contributed by atoms with Crippen LogP contribution >= 0.6 is 0 Å². The fraction of sp³-hybridized carbons (Fsp3) is 0.500. The summed E-state index contributed by atoms with van der Waals surface area (Å²) in [7, 11) is 0. The zero-order valence-corrected chi connectivity index (χ0v) is 14.1. The Hall–Kier alpha value is -1.18. The summed E-state index contributed by atoms with van der Waals surface area (Å²) in [6, 6.07) is 1.57. The summed E-state index contributed by atoms with van der Waals surface area (Å²) in [6.45, 7) is 5.59. The smallest absolute Gasteiger partial charge is 0.542 e. The van der Waals surface area contributed by atoms with Crippen LogP contribution in [-0.4, -0.2) is 34.2 Å². The summed E-state index contributed by atoms with van der Waals surface area (Å²) in [4.78, 5) is 29.2. The first kappa shape index (κ1) is 18.8. The van der Waals surface area contributed by atoms with E-state index in [4.69, 9.17) is 4.74 Å². The second kappa shape index (κ2) is 8.18. The van der Waals surface area contributed by atoms with Crippen LogP contribution in [0, 0.1) is 0 Å². The molecule has 0 saturated carbocycles. The van der Waals surface area contributed by atoms with Crippen LogP contribution in [0.15, 0.2) is 12.3 Å². The van der Waals surface area contributed by atoms with Crippen LogP contribution in [0.5, 0.6) is 0 Å². The molecule has 104 valence electrons. The third-order valence-corrected chi connectivity index (χ3v) is 1.95. The number of carboxylic acids is 1. The third-order valence-electron chi connectivity index (χ3n) is 1.95. The molecule has 0 aliphatic heterocycles. The quantitative estimate of drug-likeness (QED) is 0.589. The van der Waals surface area contributed by atoms with Gasteiger partial charge >= 0.3 is 35.7 Å². The van der Waals surface area contributed by atoms with Gasteiger partial charge in [-0.3, -0.25) is 0 Å². The second-order valence-corrected chi connectivity index (χ2v) is 4.84. The summed E-state index contributed by atoms with van der Waals surface area (Å²) in [5.41, 5.74) is -0.0495. The van der Waals surface area contributed by atoms with Crippen molar-refractivity contribution in [3.05, 3.63) is 23.8 Å². The van der Waals surface area contributed by atoms with E-state index < -0.39 is 17.7 Å². The number of hydrogen-bond acceptors (Lipinski definition) is 6. The van der Waals surface area contributed by atoms with Crippen LogP contribution in [0.1, 0.15) is 37.1 Å². The molecule has 0 atom stereocenters. The van der Waals surface area contributed by atoms with E-state index >= 15 is 0 Å². The number of nitrogens with one attached hydrogen (secondary N) is 1. The molecule has 1 aromatic rings. The standard InChI is InChI=1S/C12H17N3O4.Na/c1-12(2,3)19-11(18)14-7-5-8-4-6-13-9(15-8)10(16)17;/h4,6H,5,7H2,1-3H3,(H,14,18)(H,16,17);/q;+1/p-1. The van der Waals surface area contributed by atoms with Crippen molar-refractivity contribution in [2.45, 2.75) is 32.8 Å². The number of amides is 1. The number of carbonyl (C=O) groups excluding carboxylic acids is 2. The van der Waals surface area contributed by atoms with E-state index in [1.807, 2.05) is 0 Å². The van der Waals surface area contributed by atoms with E-state index in [1.165, 1.54) is 6.20 Å². The van der Waals surface area contributed by atoms with Crippen molar-refractivity contribution in [1.82, 2.24) is 15.3 Å². The number of nitrogens with zero attached hydrogens (tertiary/aromatic N) is 2. The van der Waals surface area contributed by atoms with Gasteiger partial charge in [-0.1, -0.05) is 0 Å². The van der Waals surface area contributed by atoms with Gasteiger partial charge in [-0.25, -0.2) is 14.8 Å². The molecule has 0 spiro atoms. The number of aromatic nitrogens is 2. The normalized spacial score (nSPS) is 10.3. The summed E-state index contributed by atoms with van der Waals surface area (Å²) in [6.07, 6.45) is 1.19. The SMILES string of the molecule is CC(C)(C)OC(=O)NCCc1ccnc(C(=O)[O-])n1.[Na+]. The first-order chi connectivity index (χ1) is 8.78. The second-order valence-electron chi connectivity index (χ2n) is 4.84. The summed E-state index contributed by atoms with van der Waals surface area (Å²) < 4.78 is 5.05. The number of carbonyl (C=O) groups is 2. The molecule has 0 aliphatic carbocycles. The average molecular weight is 289 g/mol. The predicted molar refractivity (Wildman–Crippen MR) is 64.3 cm³/mol. The first-order valence-corrected chi connectivity index (χ1v) is 5.78. The van der Waals surface area contributed by atoms with Crippen LogP contribution in [0.25, 0.3) is 0 Å². The van der Waals surface area contributed by atoms with E-state index in [0.717, 1.165) is 0 Å². The minimum absolute atomic E-state index is 0. The average Bonchev–Trinajstić information content (AvgIpc) is 2.27. The van der Waals surface area contributed by atoms with Crippen molar-refractivity contribution in [2.75, 3.05) is 6.54 Å². The van der Waals surface area contributed by atoms with Crippen LogP contribution < -0.4 is 40.0 Å². The Labute approximate surface area is 139 Å². The Morgan fingerprint density at radius 2 is 2.05 bits per heavy atom. The molecule has 0 saturated heterocycles. The molecule has 1 N–H and O–H groups in total. The zero-order valence-electron chi connectivity index (χ0n) is 12.1. The van der Waals surface area contributed by atoms with E-state index in [1.54, 1.807) is 26.8 Å². The molecule has 0 fully saturated rings. The molecule has 1 rings (SSSR count). The molecule has 0 radical (unpaired) electrons. The number of alkyl carbamates (subject to hydrolysis) is 1. The maximum atomic E-state index is 11.4. The third kappa shape index (κ3) is 7.42. The van der Waals surface area contributed by atoms with Crippen molar-refractivity contribution in [3.63, 3.8) is 0 Å². The van der Waals surface area contributed by atoms with Gasteiger partial charge in [-0.15, -0.1) is 0 Å². The Morgan fingerprint density at radius 3 is 2.60 bits per heavy atom. The van der Waals surface area contributed by atoms with Crippen LogP contribution in [0.4, 0.5) is 4.79 Å². The van der Waals surface area contributed by atoms with Gasteiger partial charge in [0.1, 0.15) is 11.6 Å². The molecule has 1 aromatic heterocycles. The minimum atomic E-state index is -1.43. The van der Waals surface area contributed by atoms with Gasteiger partial charge in [0, 0.05) is 24.9 Å². The molecule has 8 heteroatoms. The molecular formula is C12H16N3NaO4. The number of carboxylic acid groups (broad SMARTS) is 1. The van der Waals surface area contributed by atoms with Crippen molar-refractivity contribution < 1.29 is 49.0 Å². The number of rotatable bonds is 4. The van der Waals surface area contributed by atoms with Crippen molar-refractivity contribution in [3.8, 4) is 0 Å². The fourth-order valence-electron chi connectivity index (χ4n) is 1.24. The summed E-state index contributed by atoms with van der Waals surface area (Å²) in [5, 5.41) is 13.1. The topological polar surface area (TPSA) is 104 Å². The summed E-state index contributed by atoms with van der Waals surface area (Å²) in [5.74, 6) is -1.79. The van der Waals surface area contributed by atoms with Gasteiger partial charge in [-0.05, 0) is 26.8 Å². The molecule has 1 heterocycles. The molecule has 1 amide bonds. The van der Waals surface area contributed by atoms with Gasteiger partial charge in [0.2, 0.25) is 0 Å². The largest absolute Gasteiger partial charge is 1.00 e. The zero-order chi connectivity index (χ0) is 14.5. The van der Waals surface area contributed by atoms with Crippen molar-refractivity contribution >= 4 is 12.1 Å². The van der Waals surface area contributed by atoms with Crippen molar-refractivity contribution in [1.29, 1.82) is 0 Å². The Morgan fingerprint density at radius 1 is 1.40 bits per heavy atom. The summed E-state index contributed by atoms with van der Waals surface area (Å²) >= 11 is 0. The fourth-order valence-corrected chi connectivity index (χ4v) is 1.24. The van der Waals surface area contributed by atoms with E-state index in [-0.39, 0.29) is 35.4 Å². The van der Waals surface area contributed by atoms with E-state index in [9.17, 15) is 14.7 Å². The maximum absolute atomic E-state index is 11.4. The van der Waals surface area contributed by atoms with Gasteiger partial charge in [-0.2, -0.15) is 0 Å². The monoisotopic (exact) mass is 289 g/mol. The first-order valence-electron chi connectivity index (χ1n) is 5.78. The molecule has 0 aromatic carbocycles. The Balaban J connectivity index is 0.00000361. The number of ether oxygens (including phenoxy) is 1. The van der Waals surface area contributed by atoms with Crippen LogP contribution in [-0.2, 0) is 11.2 Å². The number of aromatic carboxylic acids is 1. The number of hydrogen-bond donors (Lipinski definition) is 1. The Kier molecular flexibility index (Phi) is 7.70. The molecule has 0 bridgehead atoms. The van der Waals surface area contributed by atoms with Gasteiger partial charge < -0.3 is 20.0 Å². The van der Waals surface area contributed by atoms with E-state index in [0.29, 0.717) is 18.7 Å². The molecule has 0 aliphatic rings. The van der Waals surface area contributed by atoms with Gasteiger partial charge in [0.05, 0.1) is 0 Å². The molecule has 20 heavy (non-hydrogen) atoms. The Bertz CT molecular complexity index is 474. The molecule has 7 nitrogen and oxygen atoms in total. The van der Waals surface area contributed by atoms with Crippen LogP contribution in [0.2, 0.25) is 0 Å². The minimum Gasteiger partial charge on any atom is -0.542 e. The maximum Gasteiger partial charge on any atom is 1.00 e. The van der Waals surface area contributed by atoms with E-state index in [2.05, 4.69) is 15.3 Å². The van der Waals surface area contributed by atoms with Crippen molar-refractivity contribution in [2.24, 2.45) is 0 Å². The predicted octanol–water partition coefficient (Wildman–Crippen LogP) is -3.09. The van der Waals surface area contributed by atoms with Gasteiger partial charge in [0.15, 0.2) is 5.82 Å². The van der Waals surface area contributed by atoms with Gasteiger partial charge in [0.25, 0.3) is 0 Å². The van der Waals surface area contributed by atoms with Crippen LogP contribution in [0.3, 0.4) is 0 Å².